The van der Waals surface area contributed by atoms with Crippen LogP contribution >= 0.6 is 27.5 Å². The van der Waals surface area contributed by atoms with Crippen LogP contribution < -0.4 is 0 Å². The summed E-state index contributed by atoms with van der Waals surface area (Å²) in [4.78, 5) is 0. The van der Waals surface area contributed by atoms with Crippen molar-refractivity contribution < 1.29 is 5.11 Å². The highest BCUT2D eigenvalue weighted by Crippen LogP contribution is 2.60. The molecule has 1 N–H and O–H groups in total. The van der Waals surface area contributed by atoms with Crippen LogP contribution in [0.4, 0.5) is 0 Å². The minimum atomic E-state index is -0.721. The van der Waals surface area contributed by atoms with E-state index >= 15 is 0 Å². The lowest BCUT2D eigenvalue weighted by atomic mass is 9.68. The molecule has 1 aromatic carbocycles. The topological polar surface area (TPSA) is 44.0 Å². The summed E-state index contributed by atoms with van der Waals surface area (Å²) in [6.07, 6.45) is 3.49. The van der Waals surface area contributed by atoms with Crippen LogP contribution in [0.5, 0.6) is 0 Å². The SMILES string of the molecule is N#CC1(C(O)c2ccc(Cl)c(Br)c2)CC2CCC1C2. The number of nitrogens with zero attached hydrogens (tertiary/aromatic N) is 1. The number of halogens is 2. The molecule has 0 amide bonds. The average Bonchev–Trinajstić information content (AvgIpc) is 3.02. The Hall–Kier alpha value is -0.560. The van der Waals surface area contributed by atoms with E-state index in [9.17, 15) is 10.4 Å². The Morgan fingerprint density at radius 1 is 1.47 bits per heavy atom. The summed E-state index contributed by atoms with van der Waals surface area (Å²) in [5.41, 5.74) is 0.182. The van der Waals surface area contributed by atoms with Gasteiger partial charge in [0, 0.05) is 4.47 Å². The molecule has 19 heavy (non-hydrogen) atoms. The third kappa shape index (κ3) is 2.01. The maximum atomic E-state index is 10.7. The fourth-order valence-electron chi connectivity index (χ4n) is 3.89. The van der Waals surface area contributed by atoms with Gasteiger partial charge in [-0.3, -0.25) is 0 Å². The number of aliphatic hydroxyl groups excluding tert-OH is 1. The molecule has 2 saturated carbocycles. The lowest BCUT2D eigenvalue weighted by Crippen LogP contribution is -2.33. The van der Waals surface area contributed by atoms with Crippen LogP contribution in [0.15, 0.2) is 22.7 Å². The van der Waals surface area contributed by atoms with Gasteiger partial charge in [0.05, 0.1) is 22.6 Å². The second-order valence-electron chi connectivity index (χ2n) is 5.81. The highest BCUT2D eigenvalue weighted by Gasteiger charge is 2.55. The zero-order valence-electron chi connectivity index (χ0n) is 10.4. The van der Waals surface area contributed by atoms with E-state index in [2.05, 4.69) is 22.0 Å². The van der Waals surface area contributed by atoms with Gasteiger partial charge in [-0.25, -0.2) is 0 Å². The van der Waals surface area contributed by atoms with Gasteiger partial charge in [0.15, 0.2) is 0 Å². The van der Waals surface area contributed by atoms with Gasteiger partial charge >= 0.3 is 0 Å². The lowest BCUT2D eigenvalue weighted by Gasteiger charge is -2.35. The van der Waals surface area contributed by atoms with E-state index in [1.54, 1.807) is 6.07 Å². The van der Waals surface area contributed by atoms with Gasteiger partial charge in [-0.1, -0.05) is 24.1 Å². The van der Waals surface area contributed by atoms with Crippen molar-refractivity contribution in [3.63, 3.8) is 0 Å². The zero-order chi connectivity index (χ0) is 13.6. The van der Waals surface area contributed by atoms with Crippen LogP contribution in [0.3, 0.4) is 0 Å². The third-order valence-electron chi connectivity index (χ3n) is 4.85. The Labute approximate surface area is 126 Å². The zero-order valence-corrected chi connectivity index (χ0v) is 12.8. The number of fused-ring (bicyclic) bond motifs is 2. The van der Waals surface area contributed by atoms with Crippen LogP contribution in [0.25, 0.3) is 0 Å². The fraction of sp³-hybridized carbons (Fsp3) is 0.533. The van der Waals surface area contributed by atoms with Crippen molar-refractivity contribution >= 4 is 27.5 Å². The van der Waals surface area contributed by atoms with Crippen LogP contribution in [0, 0.1) is 28.6 Å². The molecule has 4 unspecified atom stereocenters. The minimum absolute atomic E-state index is 0.340. The van der Waals surface area contributed by atoms with E-state index in [-0.39, 0.29) is 0 Å². The molecular formula is C15H15BrClNO. The van der Waals surface area contributed by atoms with E-state index in [1.807, 2.05) is 12.1 Å². The molecule has 0 saturated heterocycles. The van der Waals surface area contributed by atoms with Crippen LogP contribution in [-0.2, 0) is 0 Å². The molecule has 4 atom stereocenters. The molecule has 2 bridgehead atoms. The number of aliphatic hydroxyl groups is 1. The monoisotopic (exact) mass is 339 g/mol. The fourth-order valence-corrected chi connectivity index (χ4v) is 4.40. The first kappa shape index (κ1) is 13.4. The van der Waals surface area contributed by atoms with Crippen molar-refractivity contribution in [1.82, 2.24) is 0 Å². The van der Waals surface area contributed by atoms with Gasteiger partial charge in [-0.2, -0.15) is 5.26 Å². The summed E-state index contributed by atoms with van der Waals surface area (Å²) >= 11 is 9.36. The predicted molar refractivity (Wildman–Crippen MR) is 77.6 cm³/mol. The maximum absolute atomic E-state index is 10.7. The molecule has 3 rings (SSSR count). The quantitative estimate of drug-likeness (QED) is 0.863. The Morgan fingerprint density at radius 3 is 2.79 bits per heavy atom. The van der Waals surface area contributed by atoms with E-state index < -0.39 is 11.5 Å². The number of rotatable bonds is 2. The summed E-state index contributed by atoms with van der Waals surface area (Å²) in [6, 6.07) is 7.86. The molecule has 1 aromatic rings. The van der Waals surface area contributed by atoms with E-state index in [0.29, 0.717) is 16.9 Å². The first-order chi connectivity index (χ1) is 9.06. The van der Waals surface area contributed by atoms with E-state index in [4.69, 9.17) is 11.6 Å². The first-order valence-corrected chi connectivity index (χ1v) is 7.78. The predicted octanol–water partition coefficient (Wildman–Crippen LogP) is 4.47. The maximum Gasteiger partial charge on any atom is 0.0979 e. The lowest BCUT2D eigenvalue weighted by molar-refractivity contribution is 0.0233. The molecule has 2 aliphatic carbocycles. The first-order valence-electron chi connectivity index (χ1n) is 6.61. The molecular weight excluding hydrogens is 326 g/mol. The molecule has 0 aliphatic heterocycles. The summed E-state index contributed by atoms with van der Waals surface area (Å²) in [6.45, 7) is 0. The summed E-state index contributed by atoms with van der Waals surface area (Å²) in [5.74, 6) is 0.960. The molecule has 4 heteroatoms. The standard InChI is InChI=1S/C15H15BrClNO/c16-12-6-10(2-4-13(12)17)14(19)15(8-18)7-9-1-3-11(15)5-9/h2,4,6,9,11,14,19H,1,3,5,7H2. The van der Waals surface area contributed by atoms with Crippen molar-refractivity contribution in [2.75, 3.05) is 0 Å². The van der Waals surface area contributed by atoms with Crippen molar-refractivity contribution in [1.29, 1.82) is 5.26 Å². The summed E-state index contributed by atoms with van der Waals surface area (Å²) < 4.78 is 0.766. The summed E-state index contributed by atoms with van der Waals surface area (Å²) in [5, 5.41) is 21.0. The van der Waals surface area contributed by atoms with Crippen molar-refractivity contribution in [3.8, 4) is 6.07 Å². The van der Waals surface area contributed by atoms with Crippen LogP contribution in [0.1, 0.15) is 37.4 Å². The second kappa shape index (κ2) is 4.77. The number of hydrogen-bond acceptors (Lipinski definition) is 2. The molecule has 0 aromatic heterocycles. The van der Waals surface area contributed by atoms with Gasteiger partial charge in [-0.15, -0.1) is 0 Å². The molecule has 2 nitrogen and oxygen atoms in total. The Bertz CT molecular complexity index is 556. The number of benzene rings is 1. The number of nitriles is 1. The van der Waals surface area contributed by atoms with Gasteiger partial charge in [0.1, 0.15) is 0 Å². The van der Waals surface area contributed by atoms with Crippen molar-refractivity contribution in [2.45, 2.75) is 31.8 Å². The van der Waals surface area contributed by atoms with Gasteiger partial charge < -0.3 is 5.11 Å². The molecule has 2 aliphatic rings. The number of hydrogen-bond donors (Lipinski definition) is 1. The average molecular weight is 341 g/mol. The molecule has 0 spiro atoms. The Kier molecular flexibility index (Phi) is 3.37. The van der Waals surface area contributed by atoms with Crippen LogP contribution in [-0.4, -0.2) is 5.11 Å². The smallest absolute Gasteiger partial charge is 0.0979 e. The van der Waals surface area contributed by atoms with Gasteiger partial charge in [-0.05, 0) is 64.7 Å². The second-order valence-corrected chi connectivity index (χ2v) is 7.07. The highest BCUT2D eigenvalue weighted by molar-refractivity contribution is 9.10. The minimum Gasteiger partial charge on any atom is -0.387 e. The molecule has 2 fully saturated rings. The normalized spacial score (nSPS) is 34.2. The van der Waals surface area contributed by atoms with E-state index in [1.165, 1.54) is 6.42 Å². The largest absolute Gasteiger partial charge is 0.387 e. The molecule has 100 valence electrons. The molecule has 0 heterocycles. The van der Waals surface area contributed by atoms with Crippen molar-refractivity contribution in [2.24, 2.45) is 17.3 Å². The van der Waals surface area contributed by atoms with Gasteiger partial charge in [0.25, 0.3) is 0 Å². The Morgan fingerprint density at radius 2 is 2.26 bits per heavy atom. The van der Waals surface area contributed by atoms with Crippen molar-refractivity contribution in [3.05, 3.63) is 33.3 Å². The van der Waals surface area contributed by atoms with E-state index in [0.717, 1.165) is 29.3 Å². The Balaban J connectivity index is 1.96. The summed E-state index contributed by atoms with van der Waals surface area (Å²) in [7, 11) is 0. The van der Waals surface area contributed by atoms with Gasteiger partial charge in [0.2, 0.25) is 0 Å². The highest BCUT2D eigenvalue weighted by atomic mass is 79.9. The van der Waals surface area contributed by atoms with Crippen LogP contribution in [0.2, 0.25) is 5.02 Å². The third-order valence-corrected chi connectivity index (χ3v) is 6.07. The molecule has 0 radical (unpaired) electrons.